The van der Waals surface area contributed by atoms with E-state index in [1.165, 1.54) is 14.0 Å². The topological polar surface area (TPSA) is 90.0 Å². The SMILES string of the molecule is COC(=O)c1sc(Cl)cc1S(=O)(=O)N(C)C(C)C(=O)OC. The quantitative estimate of drug-likeness (QED) is 0.741. The first-order valence-electron chi connectivity index (χ1n) is 5.60. The van der Waals surface area contributed by atoms with Crippen molar-refractivity contribution in [2.45, 2.75) is 17.9 Å². The molecule has 0 saturated heterocycles. The van der Waals surface area contributed by atoms with Gasteiger partial charge in [-0.3, -0.25) is 4.79 Å². The zero-order chi connectivity index (χ0) is 16.4. The van der Waals surface area contributed by atoms with Crippen molar-refractivity contribution in [2.24, 2.45) is 0 Å². The summed E-state index contributed by atoms with van der Waals surface area (Å²) in [5.41, 5.74) is 0. The highest BCUT2D eigenvalue weighted by Gasteiger charge is 2.35. The first kappa shape index (κ1) is 17.9. The smallest absolute Gasteiger partial charge is 0.349 e. The Morgan fingerprint density at radius 1 is 1.33 bits per heavy atom. The molecule has 0 aliphatic heterocycles. The summed E-state index contributed by atoms with van der Waals surface area (Å²) in [4.78, 5) is 22.6. The molecule has 1 rings (SSSR count). The van der Waals surface area contributed by atoms with E-state index >= 15 is 0 Å². The molecule has 21 heavy (non-hydrogen) atoms. The largest absolute Gasteiger partial charge is 0.468 e. The zero-order valence-corrected chi connectivity index (χ0v) is 14.1. The molecule has 1 aromatic heterocycles. The van der Waals surface area contributed by atoms with Gasteiger partial charge < -0.3 is 9.47 Å². The van der Waals surface area contributed by atoms with Gasteiger partial charge in [-0.15, -0.1) is 11.3 Å². The average Bonchev–Trinajstić information content (AvgIpc) is 2.86. The second kappa shape index (κ2) is 6.73. The van der Waals surface area contributed by atoms with Crippen LogP contribution in [0.5, 0.6) is 0 Å². The molecule has 1 aromatic rings. The molecule has 0 radical (unpaired) electrons. The molecular weight excluding hydrogens is 342 g/mol. The van der Waals surface area contributed by atoms with Crippen LogP contribution in [0.25, 0.3) is 0 Å². The van der Waals surface area contributed by atoms with Crippen molar-refractivity contribution >= 4 is 44.9 Å². The molecule has 118 valence electrons. The average molecular weight is 356 g/mol. The Labute approximate surface area is 131 Å². The lowest BCUT2D eigenvalue weighted by Crippen LogP contribution is -2.41. The van der Waals surface area contributed by atoms with E-state index in [9.17, 15) is 18.0 Å². The lowest BCUT2D eigenvalue weighted by Gasteiger charge is -2.22. The lowest BCUT2D eigenvalue weighted by atomic mass is 10.4. The number of halogens is 1. The minimum atomic E-state index is -4.10. The van der Waals surface area contributed by atoms with Crippen LogP contribution in [-0.4, -0.2) is 52.0 Å². The van der Waals surface area contributed by atoms with Gasteiger partial charge in [0.05, 0.1) is 18.6 Å². The lowest BCUT2D eigenvalue weighted by molar-refractivity contribution is -0.144. The third-order valence-corrected chi connectivity index (χ3v) is 6.11. The number of carbonyl (C=O) groups excluding carboxylic acids is 2. The number of hydrogen-bond donors (Lipinski definition) is 0. The molecule has 0 aliphatic carbocycles. The maximum Gasteiger partial charge on any atom is 0.349 e. The van der Waals surface area contributed by atoms with Crippen LogP contribution in [0.4, 0.5) is 0 Å². The minimum Gasteiger partial charge on any atom is -0.468 e. The minimum absolute atomic E-state index is 0.119. The number of rotatable bonds is 5. The number of carbonyl (C=O) groups is 2. The van der Waals surface area contributed by atoms with Gasteiger partial charge in [0.2, 0.25) is 10.0 Å². The summed E-state index contributed by atoms with van der Waals surface area (Å²) >= 11 is 6.57. The molecule has 1 atom stereocenters. The van der Waals surface area contributed by atoms with Crippen molar-refractivity contribution in [1.29, 1.82) is 0 Å². The number of ether oxygens (including phenoxy) is 2. The molecule has 0 spiro atoms. The highest BCUT2D eigenvalue weighted by Crippen LogP contribution is 2.32. The predicted molar refractivity (Wildman–Crippen MR) is 77.1 cm³/mol. The van der Waals surface area contributed by atoms with Crippen LogP contribution >= 0.6 is 22.9 Å². The highest BCUT2D eigenvalue weighted by molar-refractivity contribution is 7.89. The third-order valence-electron chi connectivity index (χ3n) is 2.78. The molecule has 0 aliphatic rings. The summed E-state index contributed by atoms with van der Waals surface area (Å²) in [6.07, 6.45) is 0. The molecular formula is C11H14ClNO6S2. The Kier molecular flexibility index (Phi) is 5.74. The molecule has 1 unspecified atom stereocenters. The first-order chi connectivity index (χ1) is 9.66. The van der Waals surface area contributed by atoms with Gasteiger partial charge in [0.25, 0.3) is 0 Å². The van der Waals surface area contributed by atoms with Crippen LogP contribution in [0.3, 0.4) is 0 Å². The van der Waals surface area contributed by atoms with Crippen LogP contribution in [0.15, 0.2) is 11.0 Å². The van der Waals surface area contributed by atoms with Gasteiger partial charge in [-0.25, -0.2) is 13.2 Å². The van der Waals surface area contributed by atoms with Gasteiger partial charge >= 0.3 is 11.9 Å². The van der Waals surface area contributed by atoms with Gasteiger partial charge in [0.1, 0.15) is 15.8 Å². The standard InChI is InChI=1S/C11H14ClNO6S2/c1-6(10(14)18-3)13(2)21(16,17)7-5-8(12)20-9(7)11(15)19-4/h5-6H,1-4H3. The molecule has 7 nitrogen and oxygen atoms in total. The van der Waals surface area contributed by atoms with Gasteiger partial charge in [-0.05, 0) is 13.0 Å². The number of sulfonamides is 1. The van der Waals surface area contributed by atoms with E-state index in [1.807, 2.05) is 0 Å². The molecule has 0 amide bonds. The third kappa shape index (κ3) is 3.54. The van der Waals surface area contributed by atoms with E-state index in [-0.39, 0.29) is 14.1 Å². The Morgan fingerprint density at radius 3 is 2.38 bits per heavy atom. The summed E-state index contributed by atoms with van der Waals surface area (Å²) < 4.78 is 35.0. The van der Waals surface area contributed by atoms with E-state index in [4.69, 9.17) is 11.6 Å². The molecule has 0 saturated carbocycles. The fraction of sp³-hybridized carbons (Fsp3) is 0.455. The monoisotopic (exact) mass is 355 g/mol. The fourth-order valence-electron chi connectivity index (χ4n) is 1.45. The molecule has 0 bridgehead atoms. The predicted octanol–water partition coefficient (Wildman–Crippen LogP) is 1.37. The zero-order valence-electron chi connectivity index (χ0n) is 11.7. The Morgan fingerprint density at radius 2 is 1.90 bits per heavy atom. The molecule has 0 aromatic carbocycles. The van der Waals surface area contributed by atoms with Gasteiger partial charge in [-0.2, -0.15) is 4.31 Å². The van der Waals surface area contributed by atoms with E-state index < -0.39 is 28.0 Å². The van der Waals surface area contributed by atoms with E-state index in [1.54, 1.807) is 0 Å². The van der Waals surface area contributed by atoms with Gasteiger partial charge in [-0.1, -0.05) is 11.6 Å². The molecule has 0 N–H and O–H groups in total. The van der Waals surface area contributed by atoms with Crippen LogP contribution in [0, 0.1) is 0 Å². The molecule has 0 fully saturated rings. The second-order valence-electron chi connectivity index (χ2n) is 3.96. The van der Waals surface area contributed by atoms with Crippen molar-refractivity contribution in [3.63, 3.8) is 0 Å². The number of methoxy groups -OCH3 is 2. The maximum absolute atomic E-state index is 12.5. The van der Waals surface area contributed by atoms with Crippen molar-refractivity contribution in [1.82, 2.24) is 4.31 Å². The fourth-order valence-corrected chi connectivity index (χ4v) is 4.47. The normalized spacial score (nSPS) is 13.0. The Bertz CT molecular complexity index is 654. The van der Waals surface area contributed by atoms with Crippen molar-refractivity contribution < 1.29 is 27.5 Å². The van der Waals surface area contributed by atoms with Crippen molar-refractivity contribution in [2.75, 3.05) is 21.3 Å². The van der Waals surface area contributed by atoms with E-state index in [2.05, 4.69) is 9.47 Å². The van der Waals surface area contributed by atoms with Crippen LogP contribution in [0.2, 0.25) is 4.34 Å². The highest BCUT2D eigenvalue weighted by atomic mass is 35.5. The summed E-state index contributed by atoms with van der Waals surface area (Å²) in [6, 6.07) is 0.0954. The summed E-state index contributed by atoms with van der Waals surface area (Å²) in [6.45, 7) is 1.37. The first-order valence-corrected chi connectivity index (χ1v) is 8.23. The Balaban J connectivity index is 3.31. The molecule has 1 heterocycles. The number of thiophene rings is 1. The summed E-state index contributed by atoms with van der Waals surface area (Å²) in [5.74, 6) is -1.54. The van der Waals surface area contributed by atoms with Crippen LogP contribution in [0.1, 0.15) is 16.6 Å². The van der Waals surface area contributed by atoms with Gasteiger partial charge in [0.15, 0.2) is 0 Å². The summed E-state index contributed by atoms with van der Waals surface area (Å²) in [7, 11) is -0.603. The van der Waals surface area contributed by atoms with E-state index in [0.717, 1.165) is 35.9 Å². The van der Waals surface area contributed by atoms with Gasteiger partial charge in [0, 0.05) is 7.05 Å². The van der Waals surface area contributed by atoms with E-state index in [0.29, 0.717) is 0 Å². The van der Waals surface area contributed by atoms with Crippen molar-refractivity contribution in [3.8, 4) is 0 Å². The van der Waals surface area contributed by atoms with Crippen LogP contribution < -0.4 is 0 Å². The number of likely N-dealkylation sites (N-methyl/N-ethyl adjacent to an activating group) is 1. The van der Waals surface area contributed by atoms with Crippen molar-refractivity contribution in [3.05, 3.63) is 15.3 Å². The number of nitrogens with zero attached hydrogens (tertiary/aromatic N) is 1. The molecule has 10 heteroatoms. The number of esters is 2. The van der Waals surface area contributed by atoms with Crippen LogP contribution in [-0.2, 0) is 24.3 Å². The second-order valence-corrected chi connectivity index (χ2v) is 7.61. The summed E-state index contributed by atoms with van der Waals surface area (Å²) in [5, 5.41) is 0. The Hall–Kier alpha value is -1.16. The number of hydrogen-bond acceptors (Lipinski definition) is 7. The maximum atomic E-state index is 12.5.